The van der Waals surface area contributed by atoms with Gasteiger partial charge in [0.05, 0.1) is 18.5 Å². The summed E-state index contributed by atoms with van der Waals surface area (Å²) >= 11 is 0. The van der Waals surface area contributed by atoms with Gasteiger partial charge in [-0.1, -0.05) is 44.2 Å². The molecule has 1 aromatic rings. The van der Waals surface area contributed by atoms with E-state index >= 15 is 0 Å². The van der Waals surface area contributed by atoms with E-state index in [1.54, 1.807) is 13.0 Å². The first-order valence-corrected chi connectivity index (χ1v) is 13.7. The van der Waals surface area contributed by atoms with E-state index in [4.69, 9.17) is 5.11 Å². The van der Waals surface area contributed by atoms with Crippen LogP contribution in [0.4, 0.5) is 13.2 Å². The van der Waals surface area contributed by atoms with Crippen molar-refractivity contribution < 1.29 is 23.1 Å². The van der Waals surface area contributed by atoms with Crippen molar-refractivity contribution in [2.24, 2.45) is 15.9 Å². The van der Waals surface area contributed by atoms with Crippen LogP contribution in [0.1, 0.15) is 58.6 Å². The second kappa shape index (κ2) is 16.9. The van der Waals surface area contributed by atoms with Crippen LogP contribution in [-0.2, 0) is 4.79 Å². The zero-order chi connectivity index (χ0) is 31.3. The maximum Gasteiger partial charge on any atom is 0.395 e. The molecule has 0 spiro atoms. The fraction of sp³-hybridized carbons (Fsp3) is 0.516. The Kier molecular flexibility index (Phi) is 14.7. The zero-order valence-electron chi connectivity index (χ0n) is 25.8. The Balaban J connectivity index is 0.000000653. The van der Waals surface area contributed by atoms with Gasteiger partial charge >= 0.3 is 6.18 Å². The van der Waals surface area contributed by atoms with E-state index in [1.807, 2.05) is 82.2 Å². The molecule has 10 heteroatoms. The van der Waals surface area contributed by atoms with Crippen LogP contribution in [0.15, 0.2) is 63.9 Å². The standard InChI is InChI=1S/C23H27F3N4.C7H15NO.CH4O/c1-5-21(30(3)4)27-13-15(2)16-6-8-17(9-7-16)22-28-14-18-10-11-19(23(24,25)26)12-20(18)29-22;1-5-8(4)6(2)7(3)9;1-2/h6-10,12-13,19H,5,11,14H2,1-4H3,(H,28,29);6H,5H2,1-4H3;2H,1H3/b15-13+,27-21?;;. The van der Waals surface area contributed by atoms with Crippen molar-refractivity contribution in [3.63, 3.8) is 0 Å². The molecule has 0 saturated heterocycles. The van der Waals surface area contributed by atoms with Gasteiger partial charge in [-0.3, -0.25) is 14.7 Å². The lowest BCUT2D eigenvalue weighted by Gasteiger charge is -2.27. The second-order valence-electron chi connectivity index (χ2n) is 10.0. The monoisotopic (exact) mass is 577 g/mol. The molecule has 228 valence electrons. The van der Waals surface area contributed by atoms with Gasteiger partial charge in [-0.05, 0) is 63.6 Å². The van der Waals surface area contributed by atoms with Crippen LogP contribution in [-0.4, -0.2) is 85.9 Å². The maximum atomic E-state index is 13.1. The highest BCUT2D eigenvalue weighted by molar-refractivity contribution is 6.01. The lowest BCUT2D eigenvalue weighted by molar-refractivity contribution is -0.160. The number of nitrogens with zero attached hydrogens (tertiary/aromatic N) is 4. The van der Waals surface area contributed by atoms with E-state index in [0.29, 0.717) is 18.1 Å². The Labute approximate surface area is 243 Å². The number of likely N-dealkylation sites (N-methyl/N-ethyl adjacent to an activating group) is 1. The molecule has 7 nitrogen and oxygen atoms in total. The second-order valence-corrected chi connectivity index (χ2v) is 10.0. The van der Waals surface area contributed by atoms with Gasteiger partial charge in [0.1, 0.15) is 17.5 Å². The number of aliphatic hydroxyl groups is 1. The van der Waals surface area contributed by atoms with Gasteiger partial charge in [-0.2, -0.15) is 13.2 Å². The van der Waals surface area contributed by atoms with Crippen LogP contribution in [0.2, 0.25) is 0 Å². The van der Waals surface area contributed by atoms with Gasteiger partial charge in [-0.25, -0.2) is 4.99 Å². The van der Waals surface area contributed by atoms with Crippen LogP contribution in [0.5, 0.6) is 0 Å². The first kappa shape index (κ1) is 35.8. The third-order valence-electron chi connectivity index (χ3n) is 7.01. The molecular formula is C31H46F3N5O2. The number of aliphatic imine (C=N–C) groups is 2. The Bertz CT molecular complexity index is 1150. The first-order chi connectivity index (χ1) is 19.3. The zero-order valence-corrected chi connectivity index (χ0v) is 25.8. The van der Waals surface area contributed by atoms with Gasteiger partial charge in [0, 0.05) is 45.1 Å². The Hall–Kier alpha value is -3.24. The number of fused-ring (bicyclic) bond motifs is 1. The average molecular weight is 578 g/mol. The SMILES string of the molecule is CCC(=N/C=C(\C)c1ccc(C2=NCC3=CCC(C(F)(F)F)C=C3N2)cc1)N(C)C.CCN(C)C(C)C(C)=O.CO. The molecule has 2 atom stereocenters. The lowest BCUT2D eigenvalue weighted by Crippen LogP contribution is -2.34. The number of amidine groups is 2. The Morgan fingerprint density at radius 2 is 1.78 bits per heavy atom. The summed E-state index contributed by atoms with van der Waals surface area (Å²) in [5.41, 5.74) is 4.23. The molecule has 0 aromatic heterocycles. The molecule has 2 aliphatic rings. The smallest absolute Gasteiger partial charge is 0.395 e. The van der Waals surface area contributed by atoms with Crippen molar-refractivity contribution in [2.45, 2.75) is 59.7 Å². The number of allylic oxidation sites excluding steroid dienone is 3. The van der Waals surface area contributed by atoms with Crippen LogP contribution in [0.25, 0.3) is 5.57 Å². The summed E-state index contributed by atoms with van der Waals surface area (Å²) in [6.45, 7) is 11.0. The molecule has 0 amide bonds. The molecule has 3 rings (SSSR count). The highest BCUT2D eigenvalue weighted by Gasteiger charge is 2.39. The summed E-state index contributed by atoms with van der Waals surface area (Å²) in [5.74, 6) is 0.371. The fourth-order valence-corrected chi connectivity index (χ4v) is 3.99. The summed E-state index contributed by atoms with van der Waals surface area (Å²) in [4.78, 5) is 23.8. The number of carbonyl (C=O) groups excluding carboxylic acids is 1. The third kappa shape index (κ3) is 10.9. The highest BCUT2D eigenvalue weighted by atomic mass is 19.4. The van der Waals surface area contributed by atoms with Crippen LogP contribution >= 0.6 is 0 Å². The number of rotatable bonds is 7. The third-order valence-corrected chi connectivity index (χ3v) is 7.01. The molecule has 1 aliphatic heterocycles. The number of benzene rings is 1. The molecule has 0 radical (unpaired) electrons. The number of hydrogen-bond acceptors (Lipinski definition) is 6. The van der Waals surface area contributed by atoms with Gasteiger partial charge in [0.25, 0.3) is 0 Å². The minimum Gasteiger partial charge on any atom is -0.400 e. The number of carbonyl (C=O) groups is 1. The van der Waals surface area contributed by atoms with E-state index in [2.05, 4.69) is 22.2 Å². The summed E-state index contributed by atoms with van der Waals surface area (Å²) in [5, 5.41) is 10.1. The van der Waals surface area contributed by atoms with E-state index in [0.717, 1.165) is 48.2 Å². The Morgan fingerprint density at radius 1 is 1.17 bits per heavy atom. The molecule has 0 fully saturated rings. The molecule has 1 heterocycles. The summed E-state index contributed by atoms with van der Waals surface area (Å²) in [6.07, 6.45) is 1.36. The molecule has 2 unspecified atom stereocenters. The van der Waals surface area contributed by atoms with Gasteiger partial charge in [0.15, 0.2) is 0 Å². The fourth-order valence-electron chi connectivity index (χ4n) is 3.99. The van der Waals surface area contributed by atoms with Gasteiger partial charge in [-0.15, -0.1) is 0 Å². The predicted molar refractivity (Wildman–Crippen MR) is 163 cm³/mol. The predicted octanol–water partition coefficient (Wildman–Crippen LogP) is 5.68. The molecule has 41 heavy (non-hydrogen) atoms. The van der Waals surface area contributed by atoms with Crippen molar-refractivity contribution in [1.82, 2.24) is 15.1 Å². The quantitative estimate of drug-likeness (QED) is 0.322. The van der Waals surface area contributed by atoms with Crippen LogP contribution < -0.4 is 5.32 Å². The number of halogens is 3. The molecule has 0 bridgehead atoms. The number of ketones is 1. The molecule has 1 aromatic carbocycles. The van der Waals surface area contributed by atoms with E-state index in [9.17, 15) is 18.0 Å². The molecular weight excluding hydrogens is 531 g/mol. The number of alkyl halides is 3. The minimum absolute atomic E-state index is 0.0226. The van der Waals surface area contributed by atoms with Gasteiger partial charge < -0.3 is 15.3 Å². The van der Waals surface area contributed by atoms with Crippen molar-refractivity contribution in [1.29, 1.82) is 0 Å². The minimum atomic E-state index is -4.23. The van der Waals surface area contributed by atoms with Gasteiger partial charge in [0.2, 0.25) is 0 Å². The first-order valence-electron chi connectivity index (χ1n) is 13.7. The largest absolute Gasteiger partial charge is 0.400 e. The average Bonchev–Trinajstić information content (AvgIpc) is 2.96. The van der Waals surface area contributed by atoms with Crippen molar-refractivity contribution >= 4 is 23.0 Å². The topological polar surface area (TPSA) is 80.5 Å². The van der Waals surface area contributed by atoms with E-state index < -0.39 is 12.1 Å². The number of nitrogens with one attached hydrogen (secondary N) is 1. The maximum absolute atomic E-state index is 13.1. The molecule has 0 saturated carbocycles. The van der Waals surface area contributed by atoms with Crippen LogP contribution in [0.3, 0.4) is 0 Å². The van der Waals surface area contributed by atoms with E-state index in [1.165, 1.54) is 6.08 Å². The summed E-state index contributed by atoms with van der Waals surface area (Å²) in [7, 11) is 6.89. The van der Waals surface area contributed by atoms with E-state index in [-0.39, 0.29) is 18.2 Å². The highest BCUT2D eigenvalue weighted by Crippen LogP contribution is 2.35. The van der Waals surface area contributed by atoms with Crippen molar-refractivity contribution in [3.8, 4) is 0 Å². The molecule has 2 N–H and O–H groups in total. The van der Waals surface area contributed by atoms with Crippen molar-refractivity contribution in [3.05, 3.63) is 65.0 Å². The normalized spacial score (nSPS) is 17.8. The number of hydrogen-bond donors (Lipinski definition) is 2. The van der Waals surface area contributed by atoms with Crippen LogP contribution in [0, 0.1) is 5.92 Å². The summed E-state index contributed by atoms with van der Waals surface area (Å²) < 4.78 is 39.2. The number of aliphatic hydroxyl groups excluding tert-OH is 1. The molecule has 1 aliphatic carbocycles. The summed E-state index contributed by atoms with van der Waals surface area (Å²) in [6, 6.07) is 7.88. The Morgan fingerprint density at radius 3 is 2.24 bits per heavy atom. The van der Waals surface area contributed by atoms with Crippen molar-refractivity contribution in [2.75, 3.05) is 41.3 Å². The number of Topliss-reactive ketones (excluding diaryl/α,β-unsaturated/α-hetero) is 1. The lowest BCUT2D eigenvalue weighted by atomic mass is 9.92.